The molecule has 1 atom stereocenters. The van der Waals surface area contributed by atoms with Gasteiger partial charge in [0.1, 0.15) is 0 Å². The number of halogens is 2. The maximum absolute atomic E-state index is 6.31. The second-order valence-corrected chi connectivity index (χ2v) is 7.72. The average Bonchev–Trinajstić information content (AvgIpc) is 2.70. The Labute approximate surface area is 135 Å². The fourth-order valence-electron chi connectivity index (χ4n) is 2.80. The molecule has 0 radical (unpaired) electrons. The van der Waals surface area contributed by atoms with E-state index < -0.39 is 0 Å². The summed E-state index contributed by atoms with van der Waals surface area (Å²) >= 11 is 13.8. The van der Waals surface area contributed by atoms with Gasteiger partial charge in [-0.2, -0.15) is 0 Å². The molecule has 0 amide bonds. The van der Waals surface area contributed by atoms with E-state index in [1.54, 1.807) is 0 Å². The van der Waals surface area contributed by atoms with Gasteiger partial charge in [-0.3, -0.25) is 0 Å². The quantitative estimate of drug-likeness (QED) is 0.695. The van der Waals surface area contributed by atoms with Crippen LogP contribution in [-0.4, -0.2) is 19.3 Å². The molecule has 20 heavy (non-hydrogen) atoms. The molecule has 0 aliphatic heterocycles. The van der Waals surface area contributed by atoms with Crippen LogP contribution in [0, 0.1) is 5.92 Å². The molecule has 2 rings (SSSR count). The molecule has 2 nitrogen and oxygen atoms in total. The Kier molecular flexibility index (Phi) is 6.63. The first kappa shape index (κ1) is 16.6. The monoisotopic (exact) mass is 335 g/mol. The highest BCUT2D eigenvalue weighted by Gasteiger charge is 2.32. The van der Waals surface area contributed by atoms with Crippen molar-refractivity contribution in [1.82, 2.24) is 5.32 Å². The first-order chi connectivity index (χ1) is 9.63. The Bertz CT molecular complexity index is 418. The van der Waals surface area contributed by atoms with Gasteiger partial charge in [-0.25, -0.2) is 0 Å². The Morgan fingerprint density at radius 1 is 1.40 bits per heavy atom. The van der Waals surface area contributed by atoms with Crippen molar-refractivity contribution in [1.29, 1.82) is 0 Å². The highest BCUT2D eigenvalue weighted by Crippen LogP contribution is 2.41. The first-order valence-electron chi connectivity index (χ1n) is 7.43. The summed E-state index contributed by atoms with van der Waals surface area (Å²) in [4.78, 5) is 0. The smallest absolute Gasteiger partial charge is 0.0991 e. The third-order valence-corrected chi connectivity index (χ3v) is 5.38. The van der Waals surface area contributed by atoms with Crippen molar-refractivity contribution < 1.29 is 4.74 Å². The van der Waals surface area contributed by atoms with E-state index >= 15 is 0 Å². The molecule has 1 aliphatic rings. The van der Waals surface area contributed by atoms with Crippen molar-refractivity contribution in [2.75, 3.05) is 13.2 Å². The average molecular weight is 336 g/mol. The number of thiophene rings is 1. The van der Waals surface area contributed by atoms with E-state index in [2.05, 4.69) is 19.2 Å². The van der Waals surface area contributed by atoms with Gasteiger partial charge in [-0.15, -0.1) is 11.3 Å². The zero-order chi connectivity index (χ0) is 14.5. The molecule has 0 saturated heterocycles. The van der Waals surface area contributed by atoms with E-state index in [1.807, 2.05) is 6.07 Å². The number of rotatable bonds is 8. The van der Waals surface area contributed by atoms with Crippen molar-refractivity contribution in [2.45, 2.75) is 51.7 Å². The molecule has 1 unspecified atom stereocenters. The van der Waals surface area contributed by atoms with E-state index in [1.165, 1.54) is 24.2 Å². The van der Waals surface area contributed by atoms with E-state index in [-0.39, 0.29) is 0 Å². The molecular formula is C15H23Cl2NOS. The lowest BCUT2D eigenvalue weighted by Gasteiger charge is -2.37. The Morgan fingerprint density at radius 3 is 2.70 bits per heavy atom. The van der Waals surface area contributed by atoms with Gasteiger partial charge in [0.25, 0.3) is 0 Å². The Hall–Kier alpha value is 0.200. The number of ether oxygens (including phenoxy) is 1. The molecule has 0 spiro atoms. The lowest BCUT2D eigenvalue weighted by Crippen LogP contribution is -2.35. The van der Waals surface area contributed by atoms with Crippen LogP contribution in [0.1, 0.15) is 51.1 Å². The number of hydrogen-bond donors (Lipinski definition) is 1. The van der Waals surface area contributed by atoms with E-state index in [0.717, 1.165) is 46.1 Å². The Morgan fingerprint density at radius 2 is 2.15 bits per heavy atom. The van der Waals surface area contributed by atoms with Crippen LogP contribution in [-0.2, 0) is 4.74 Å². The van der Waals surface area contributed by atoms with Gasteiger partial charge >= 0.3 is 0 Å². The molecule has 1 aliphatic carbocycles. The maximum Gasteiger partial charge on any atom is 0.0991 e. The second-order valence-electron chi connectivity index (χ2n) is 5.44. The molecule has 1 saturated carbocycles. The van der Waals surface area contributed by atoms with Crippen LogP contribution >= 0.6 is 34.5 Å². The molecule has 1 heterocycles. The van der Waals surface area contributed by atoms with Crippen molar-refractivity contribution in [3.63, 3.8) is 0 Å². The SMILES string of the molecule is CCCNC(CC1CC(OCC)C1)c1cc(Cl)sc1Cl. The lowest BCUT2D eigenvalue weighted by molar-refractivity contribution is -0.0291. The largest absolute Gasteiger partial charge is 0.378 e. The molecule has 114 valence electrons. The molecular weight excluding hydrogens is 313 g/mol. The van der Waals surface area contributed by atoms with Crippen LogP contribution in [0.4, 0.5) is 0 Å². The van der Waals surface area contributed by atoms with Crippen molar-refractivity contribution in [2.24, 2.45) is 5.92 Å². The molecule has 1 fully saturated rings. The van der Waals surface area contributed by atoms with Gasteiger partial charge in [0.2, 0.25) is 0 Å². The molecule has 1 N–H and O–H groups in total. The van der Waals surface area contributed by atoms with Gasteiger partial charge in [0.15, 0.2) is 0 Å². The summed E-state index contributed by atoms with van der Waals surface area (Å²) in [5.41, 5.74) is 1.16. The predicted molar refractivity (Wildman–Crippen MR) is 88.1 cm³/mol. The Balaban J connectivity index is 1.93. The molecule has 1 aromatic rings. The van der Waals surface area contributed by atoms with Crippen LogP contribution in [0.15, 0.2) is 6.07 Å². The van der Waals surface area contributed by atoms with Gasteiger partial charge < -0.3 is 10.1 Å². The molecule has 0 bridgehead atoms. The van der Waals surface area contributed by atoms with Gasteiger partial charge in [-0.1, -0.05) is 30.1 Å². The minimum absolute atomic E-state index is 0.318. The lowest BCUT2D eigenvalue weighted by atomic mass is 9.77. The molecule has 5 heteroatoms. The first-order valence-corrected chi connectivity index (χ1v) is 9.00. The molecule has 1 aromatic heterocycles. The maximum atomic E-state index is 6.31. The number of hydrogen-bond acceptors (Lipinski definition) is 3. The fourth-order valence-corrected chi connectivity index (χ4v) is 4.38. The van der Waals surface area contributed by atoms with Crippen LogP contribution in [0.5, 0.6) is 0 Å². The van der Waals surface area contributed by atoms with Crippen molar-refractivity contribution in [3.05, 3.63) is 20.3 Å². The van der Waals surface area contributed by atoms with E-state index in [0.29, 0.717) is 12.1 Å². The normalized spacial score (nSPS) is 23.6. The van der Waals surface area contributed by atoms with Crippen LogP contribution in [0.25, 0.3) is 0 Å². The van der Waals surface area contributed by atoms with Gasteiger partial charge in [-0.05, 0) is 51.1 Å². The number of nitrogens with one attached hydrogen (secondary N) is 1. The van der Waals surface area contributed by atoms with E-state index in [4.69, 9.17) is 27.9 Å². The minimum Gasteiger partial charge on any atom is -0.378 e. The third kappa shape index (κ3) is 4.35. The summed E-state index contributed by atoms with van der Waals surface area (Å²) in [5, 5.41) is 3.61. The summed E-state index contributed by atoms with van der Waals surface area (Å²) in [6, 6.07) is 2.33. The van der Waals surface area contributed by atoms with Crippen molar-refractivity contribution >= 4 is 34.5 Å². The fraction of sp³-hybridized carbons (Fsp3) is 0.733. The summed E-state index contributed by atoms with van der Waals surface area (Å²) in [6.07, 6.45) is 5.06. The summed E-state index contributed by atoms with van der Waals surface area (Å²) in [5.74, 6) is 0.732. The van der Waals surface area contributed by atoms with Crippen molar-refractivity contribution in [3.8, 4) is 0 Å². The second kappa shape index (κ2) is 8.00. The highest BCUT2D eigenvalue weighted by atomic mass is 35.5. The topological polar surface area (TPSA) is 21.3 Å². The summed E-state index contributed by atoms with van der Waals surface area (Å²) in [7, 11) is 0. The summed E-state index contributed by atoms with van der Waals surface area (Å²) < 4.78 is 7.23. The van der Waals surface area contributed by atoms with Crippen LogP contribution < -0.4 is 5.32 Å². The zero-order valence-electron chi connectivity index (χ0n) is 12.1. The minimum atomic E-state index is 0.318. The van der Waals surface area contributed by atoms with Crippen LogP contribution in [0.2, 0.25) is 8.67 Å². The van der Waals surface area contributed by atoms with Crippen LogP contribution in [0.3, 0.4) is 0 Å². The summed E-state index contributed by atoms with van der Waals surface area (Å²) in [6.45, 7) is 6.07. The van der Waals surface area contributed by atoms with Gasteiger partial charge in [0.05, 0.1) is 14.8 Å². The zero-order valence-corrected chi connectivity index (χ0v) is 14.5. The predicted octanol–water partition coefficient (Wildman–Crippen LogP) is 5.30. The third-order valence-electron chi connectivity index (χ3n) is 3.86. The highest BCUT2D eigenvalue weighted by molar-refractivity contribution is 7.20. The van der Waals surface area contributed by atoms with Gasteiger partial charge in [0, 0.05) is 18.2 Å². The molecule has 0 aromatic carbocycles. The van der Waals surface area contributed by atoms with E-state index in [9.17, 15) is 0 Å². The standard InChI is InChI=1S/C15H23Cl2NOS/c1-3-5-18-13(12-9-14(16)20-15(12)17)8-10-6-11(7-10)19-4-2/h9-11,13,18H,3-8H2,1-2H3.